The third kappa shape index (κ3) is 3.67. The van der Waals surface area contributed by atoms with Crippen molar-refractivity contribution < 1.29 is 4.39 Å². The Morgan fingerprint density at radius 2 is 2.00 bits per heavy atom. The molecule has 0 aliphatic rings. The van der Waals surface area contributed by atoms with Crippen molar-refractivity contribution in [3.63, 3.8) is 0 Å². The molecule has 0 saturated heterocycles. The molecule has 3 nitrogen and oxygen atoms in total. The number of nitrogens with zero attached hydrogens (tertiary/aromatic N) is 3. The lowest BCUT2D eigenvalue weighted by atomic mass is 10.2. The van der Waals surface area contributed by atoms with E-state index in [1.807, 2.05) is 31.9 Å². The summed E-state index contributed by atoms with van der Waals surface area (Å²) in [5.41, 5.74) is 0.883. The normalized spacial score (nSPS) is 10.9. The Kier molecular flexibility index (Phi) is 4.55. The smallest absolute Gasteiger partial charge is 0.135 e. The molecule has 0 aliphatic carbocycles. The van der Waals surface area contributed by atoms with Crippen molar-refractivity contribution in [2.45, 2.75) is 26.3 Å². The molecule has 1 aromatic carbocycles. The van der Waals surface area contributed by atoms with E-state index in [0.717, 1.165) is 11.4 Å². The zero-order chi connectivity index (χ0) is 14.7. The Bertz CT molecular complexity index is 601. The number of rotatable bonds is 4. The maximum absolute atomic E-state index is 13.2. The van der Waals surface area contributed by atoms with Gasteiger partial charge in [0, 0.05) is 25.6 Å². The molecule has 0 spiro atoms. The van der Waals surface area contributed by atoms with E-state index in [2.05, 4.69) is 9.97 Å². The summed E-state index contributed by atoms with van der Waals surface area (Å²) in [6, 6.07) is 8.24. The van der Waals surface area contributed by atoms with Crippen LogP contribution in [0.25, 0.3) is 0 Å². The summed E-state index contributed by atoms with van der Waals surface area (Å²) in [7, 11) is 1.90. The Morgan fingerprint density at radius 1 is 1.25 bits per heavy atom. The molecule has 106 valence electrons. The van der Waals surface area contributed by atoms with Crippen LogP contribution in [-0.4, -0.2) is 17.0 Å². The first kappa shape index (κ1) is 14.7. The van der Waals surface area contributed by atoms with Gasteiger partial charge in [0.15, 0.2) is 0 Å². The Morgan fingerprint density at radius 3 is 2.65 bits per heavy atom. The van der Waals surface area contributed by atoms with Crippen LogP contribution in [0.15, 0.2) is 30.3 Å². The Labute approximate surface area is 123 Å². The second kappa shape index (κ2) is 6.18. The zero-order valence-corrected chi connectivity index (χ0v) is 12.5. The van der Waals surface area contributed by atoms with Crippen LogP contribution in [0.2, 0.25) is 5.15 Å². The number of anilines is 1. The molecule has 20 heavy (non-hydrogen) atoms. The van der Waals surface area contributed by atoms with Crippen molar-refractivity contribution in [2.75, 3.05) is 11.9 Å². The van der Waals surface area contributed by atoms with E-state index in [1.54, 1.807) is 12.1 Å². The van der Waals surface area contributed by atoms with Crippen molar-refractivity contribution >= 4 is 17.4 Å². The average Bonchev–Trinajstić information content (AvgIpc) is 2.37. The number of hydrogen-bond donors (Lipinski definition) is 0. The largest absolute Gasteiger partial charge is 0.355 e. The van der Waals surface area contributed by atoms with Gasteiger partial charge in [-0.2, -0.15) is 0 Å². The van der Waals surface area contributed by atoms with E-state index in [-0.39, 0.29) is 11.7 Å². The van der Waals surface area contributed by atoms with E-state index in [0.29, 0.717) is 17.5 Å². The SMILES string of the molecule is CC(C)c1nc(Cl)cc(N(C)Cc2cccc(F)c2)n1. The average molecular weight is 294 g/mol. The third-order valence-corrected chi connectivity index (χ3v) is 3.11. The second-order valence-corrected chi connectivity index (χ2v) is 5.43. The van der Waals surface area contributed by atoms with Gasteiger partial charge in [0.05, 0.1) is 0 Å². The van der Waals surface area contributed by atoms with Crippen LogP contribution in [0.3, 0.4) is 0 Å². The summed E-state index contributed by atoms with van der Waals surface area (Å²) >= 11 is 6.03. The van der Waals surface area contributed by atoms with Gasteiger partial charge in [-0.25, -0.2) is 14.4 Å². The molecule has 2 rings (SSSR count). The van der Waals surface area contributed by atoms with Crippen LogP contribution in [0.1, 0.15) is 31.2 Å². The predicted octanol–water partition coefficient (Wildman–Crippen LogP) is 4.03. The molecule has 5 heteroatoms. The molecule has 0 saturated carbocycles. The third-order valence-electron chi connectivity index (χ3n) is 2.91. The highest BCUT2D eigenvalue weighted by molar-refractivity contribution is 6.29. The molecule has 0 aliphatic heterocycles. The van der Waals surface area contributed by atoms with E-state index in [4.69, 9.17) is 11.6 Å². The molecule has 0 fully saturated rings. The van der Waals surface area contributed by atoms with Crippen LogP contribution >= 0.6 is 11.6 Å². The maximum atomic E-state index is 13.2. The Hall–Kier alpha value is -1.68. The van der Waals surface area contributed by atoms with Crippen molar-refractivity contribution in [3.8, 4) is 0 Å². The minimum atomic E-state index is -0.237. The lowest BCUT2D eigenvalue weighted by molar-refractivity contribution is 0.625. The summed E-state index contributed by atoms with van der Waals surface area (Å²) < 4.78 is 13.2. The molecule has 0 radical (unpaired) electrons. The van der Waals surface area contributed by atoms with E-state index < -0.39 is 0 Å². The number of halogens is 2. The lowest BCUT2D eigenvalue weighted by Crippen LogP contribution is -2.19. The molecule has 0 atom stereocenters. The van der Waals surface area contributed by atoms with E-state index in [9.17, 15) is 4.39 Å². The van der Waals surface area contributed by atoms with Crippen molar-refractivity contribution in [1.82, 2.24) is 9.97 Å². The van der Waals surface area contributed by atoms with Crippen molar-refractivity contribution in [1.29, 1.82) is 0 Å². The van der Waals surface area contributed by atoms with Crippen LogP contribution in [0.5, 0.6) is 0 Å². The molecule has 0 amide bonds. The summed E-state index contributed by atoms with van der Waals surface area (Å²) in [5, 5.41) is 0.421. The van der Waals surface area contributed by atoms with Gasteiger partial charge in [-0.15, -0.1) is 0 Å². The zero-order valence-electron chi connectivity index (χ0n) is 11.8. The monoisotopic (exact) mass is 293 g/mol. The van der Waals surface area contributed by atoms with Gasteiger partial charge in [0.2, 0.25) is 0 Å². The summed E-state index contributed by atoms with van der Waals surface area (Å²) in [5.74, 6) is 1.41. The number of benzene rings is 1. The summed E-state index contributed by atoms with van der Waals surface area (Å²) in [4.78, 5) is 10.6. The highest BCUT2D eigenvalue weighted by atomic mass is 35.5. The van der Waals surface area contributed by atoms with Crippen molar-refractivity contribution in [3.05, 3.63) is 52.7 Å². The molecule has 0 N–H and O–H groups in total. The van der Waals surface area contributed by atoms with Gasteiger partial charge in [-0.05, 0) is 17.7 Å². The first-order chi connectivity index (χ1) is 9.45. The fraction of sp³-hybridized carbons (Fsp3) is 0.333. The minimum Gasteiger partial charge on any atom is -0.355 e. The van der Waals surface area contributed by atoms with Crippen LogP contribution in [-0.2, 0) is 6.54 Å². The van der Waals surface area contributed by atoms with Crippen LogP contribution in [0, 0.1) is 5.82 Å². The van der Waals surface area contributed by atoms with Gasteiger partial charge < -0.3 is 4.90 Å². The van der Waals surface area contributed by atoms with Crippen LogP contribution < -0.4 is 4.90 Å². The molecule has 1 aromatic heterocycles. The highest BCUT2D eigenvalue weighted by Gasteiger charge is 2.10. The predicted molar refractivity (Wildman–Crippen MR) is 79.6 cm³/mol. The lowest BCUT2D eigenvalue weighted by Gasteiger charge is -2.19. The van der Waals surface area contributed by atoms with Crippen molar-refractivity contribution in [2.24, 2.45) is 0 Å². The van der Waals surface area contributed by atoms with Crippen LogP contribution in [0.4, 0.5) is 10.2 Å². The van der Waals surface area contributed by atoms with Gasteiger partial charge in [0.25, 0.3) is 0 Å². The Balaban J connectivity index is 2.22. The highest BCUT2D eigenvalue weighted by Crippen LogP contribution is 2.20. The molecular formula is C15H17ClFN3. The second-order valence-electron chi connectivity index (χ2n) is 5.05. The fourth-order valence-electron chi connectivity index (χ4n) is 1.87. The first-order valence-corrected chi connectivity index (χ1v) is 6.83. The summed E-state index contributed by atoms with van der Waals surface area (Å²) in [6.45, 7) is 4.59. The van der Waals surface area contributed by atoms with Gasteiger partial charge in [-0.1, -0.05) is 37.6 Å². The number of aromatic nitrogens is 2. The first-order valence-electron chi connectivity index (χ1n) is 6.46. The molecule has 0 unspecified atom stereocenters. The van der Waals surface area contributed by atoms with Gasteiger partial charge in [-0.3, -0.25) is 0 Å². The standard InChI is InChI=1S/C15H17ClFN3/c1-10(2)15-18-13(16)8-14(19-15)20(3)9-11-5-4-6-12(17)7-11/h4-8,10H,9H2,1-3H3. The topological polar surface area (TPSA) is 29.0 Å². The molecule has 2 aromatic rings. The summed E-state index contributed by atoms with van der Waals surface area (Å²) in [6.07, 6.45) is 0. The maximum Gasteiger partial charge on any atom is 0.135 e. The quantitative estimate of drug-likeness (QED) is 0.797. The molecule has 1 heterocycles. The molecule has 0 bridgehead atoms. The minimum absolute atomic E-state index is 0.204. The fourth-order valence-corrected chi connectivity index (χ4v) is 2.05. The number of hydrogen-bond acceptors (Lipinski definition) is 3. The van der Waals surface area contributed by atoms with E-state index >= 15 is 0 Å². The van der Waals surface area contributed by atoms with E-state index in [1.165, 1.54) is 12.1 Å². The van der Waals surface area contributed by atoms with Gasteiger partial charge >= 0.3 is 0 Å². The van der Waals surface area contributed by atoms with Gasteiger partial charge in [0.1, 0.15) is 22.6 Å². The molecular weight excluding hydrogens is 277 g/mol.